The molecule has 0 N–H and O–H groups in total. The third-order valence-corrected chi connectivity index (χ3v) is 3.87. The van der Waals surface area contributed by atoms with Crippen LogP contribution in [0.4, 0.5) is 0 Å². The largest absolute Gasteiger partial charge is 0.493 e. The maximum absolute atomic E-state index is 12.5. The van der Waals surface area contributed by atoms with E-state index in [1.807, 2.05) is 18.2 Å². The lowest BCUT2D eigenvalue weighted by molar-refractivity contribution is 0.0337. The molecular formula is C18H19ClO5. The van der Waals surface area contributed by atoms with Gasteiger partial charge in [-0.1, -0.05) is 29.8 Å². The Morgan fingerprint density at radius 2 is 1.58 bits per heavy atom. The minimum atomic E-state index is -0.512. The highest BCUT2D eigenvalue weighted by atomic mass is 35.5. The van der Waals surface area contributed by atoms with Crippen molar-refractivity contribution in [3.05, 3.63) is 52.5 Å². The van der Waals surface area contributed by atoms with E-state index < -0.39 is 12.1 Å². The number of hydrogen-bond donors (Lipinski definition) is 0. The van der Waals surface area contributed by atoms with Gasteiger partial charge in [0.15, 0.2) is 11.5 Å². The summed E-state index contributed by atoms with van der Waals surface area (Å²) in [5, 5.41) is 0.544. The molecule has 0 aliphatic heterocycles. The summed E-state index contributed by atoms with van der Waals surface area (Å²) in [7, 11) is 4.47. The highest BCUT2D eigenvalue weighted by molar-refractivity contribution is 6.31. The Balaban J connectivity index is 2.28. The molecule has 0 aliphatic carbocycles. The first-order valence-electron chi connectivity index (χ1n) is 7.27. The van der Waals surface area contributed by atoms with Crippen LogP contribution in [0.15, 0.2) is 36.4 Å². The van der Waals surface area contributed by atoms with Crippen LogP contribution in [0.5, 0.6) is 17.2 Å². The zero-order valence-corrected chi connectivity index (χ0v) is 14.7. The average molecular weight is 351 g/mol. The SMILES string of the molecule is COc1cc(C(=O)OC(C)c2ccccc2Cl)cc(OC)c1OC. The van der Waals surface area contributed by atoms with Crippen LogP contribution in [0.3, 0.4) is 0 Å². The van der Waals surface area contributed by atoms with Crippen LogP contribution in [-0.2, 0) is 4.74 Å². The van der Waals surface area contributed by atoms with Crippen LogP contribution in [0.2, 0.25) is 5.02 Å². The molecule has 0 heterocycles. The Morgan fingerprint density at radius 3 is 2.08 bits per heavy atom. The first-order valence-corrected chi connectivity index (χ1v) is 7.65. The second-order valence-corrected chi connectivity index (χ2v) is 5.39. The summed E-state index contributed by atoms with van der Waals surface area (Å²) in [6, 6.07) is 10.3. The van der Waals surface area contributed by atoms with Crippen LogP contribution >= 0.6 is 11.6 Å². The Kier molecular flexibility index (Phi) is 5.93. The fourth-order valence-corrected chi connectivity index (χ4v) is 2.59. The molecule has 0 fully saturated rings. The van der Waals surface area contributed by atoms with Gasteiger partial charge in [-0.3, -0.25) is 0 Å². The quantitative estimate of drug-likeness (QED) is 0.728. The van der Waals surface area contributed by atoms with Gasteiger partial charge in [0, 0.05) is 10.6 Å². The third kappa shape index (κ3) is 3.74. The van der Waals surface area contributed by atoms with Gasteiger partial charge < -0.3 is 18.9 Å². The molecule has 128 valence electrons. The lowest BCUT2D eigenvalue weighted by atomic mass is 10.1. The van der Waals surface area contributed by atoms with E-state index >= 15 is 0 Å². The predicted octanol–water partition coefficient (Wildman–Crippen LogP) is 4.28. The van der Waals surface area contributed by atoms with Gasteiger partial charge in [-0.2, -0.15) is 0 Å². The molecule has 0 saturated heterocycles. The number of benzene rings is 2. The van der Waals surface area contributed by atoms with Gasteiger partial charge in [-0.15, -0.1) is 0 Å². The average Bonchev–Trinajstić information content (AvgIpc) is 2.60. The maximum atomic E-state index is 12.5. The van der Waals surface area contributed by atoms with E-state index in [2.05, 4.69) is 0 Å². The molecular weight excluding hydrogens is 332 g/mol. The highest BCUT2D eigenvalue weighted by Crippen LogP contribution is 2.38. The zero-order valence-electron chi connectivity index (χ0n) is 14.0. The van der Waals surface area contributed by atoms with Crippen LogP contribution in [-0.4, -0.2) is 27.3 Å². The Labute approximate surface area is 146 Å². The van der Waals surface area contributed by atoms with Crippen molar-refractivity contribution in [3.8, 4) is 17.2 Å². The molecule has 0 bridgehead atoms. The zero-order chi connectivity index (χ0) is 17.7. The Hall–Kier alpha value is -2.40. The van der Waals surface area contributed by atoms with Crippen molar-refractivity contribution in [2.24, 2.45) is 0 Å². The summed E-state index contributed by atoms with van der Waals surface area (Å²) in [4.78, 5) is 12.5. The first kappa shape index (κ1) is 17.9. The topological polar surface area (TPSA) is 54.0 Å². The number of carbonyl (C=O) groups excluding carboxylic acids is 1. The molecule has 0 spiro atoms. The third-order valence-electron chi connectivity index (χ3n) is 3.53. The van der Waals surface area contributed by atoms with Crippen LogP contribution in [0, 0.1) is 0 Å². The summed E-state index contributed by atoms with van der Waals surface area (Å²) < 4.78 is 21.2. The van der Waals surface area contributed by atoms with E-state index in [4.69, 9.17) is 30.5 Å². The molecule has 0 aliphatic rings. The van der Waals surface area contributed by atoms with Gasteiger partial charge in [0.05, 0.1) is 26.9 Å². The minimum absolute atomic E-state index is 0.295. The number of esters is 1. The standard InChI is InChI=1S/C18H19ClO5/c1-11(13-7-5-6-8-14(13)19)24-18(20)12-9-15(21-2)17(23-4)16(10-12)22-3/h5-11H,1-4H3. The van der Waals surface area contributed by atoms with Crippen molar-refractivity contribution in [1.82, 2.24) is 0 Å². The molecule has 2 rings (SSSR count). The molecule has 0 radical (unpaired) electrons. The summed E-state index contributed by atoms with van der Waals surface area (Å²) in [5.74, 6) is 0.667. The smallest absolute Gasteiger partial charge is 0.339 e. The van der Waals surface area contributed by atoms with Crippen molar-refractivity contribution in [2.75, 3.05) is 21.3 Å². The number of hydrogen-bond acceptors (Lipinski definition) is 5. The Bertz CT molecular complexity index is 704. The molecule has 0 amide bonds. The van der Waals surface area contributed by atoms with Crippen LogP contribution in [0.25, 0.3) is 0 Å². The van der Waals surface area contributed by atoms with Gasteiger partial charge in [0.25, 0.3) is 0 Å². The Morgan fingerprint density at radius 1 is 1.00 bits per heavy atom. The second kappa shape index (κ2) is 7.93. The van der Waals surface area contributed by atoms with E-state index in [0.29, 0.717) is 27.8 Å². The van der Waals surface area contributed by atoms with Crippen molar-refractivity contribution in [1.29, 1.82) is 0 Å². The number of carbonyl (C=O) groups is 1. The van der Waals surface area contributed by atoms with Crippen molar-refractivity contribution in [3.63, 3.8) is 0 Å². The monoisotopic (exact) mass is 350 g/mol. The van der Waals surface area contributed by atoms with E-state index in [-0.39, 0.29) is 0 Å². The van der Waals surface area contributed by atoms with E-state index in [1.54, 1.807) is 25.1 Å². The van der Waals surface area contributed by atoms with Crippen molar-refractivity contribution < 1.29 is 23.7 Å². The molecule has 2 aromatic rings. The van der Waals surface area contributed by atoms with Gasteiger partial charge in [0.2, 0.25) is 5.75 Å². The summed E-state index contributed by atoms with van der Waals surface area (Å²) in [5.41, 5.74) is 1.03. The maximum Gasteiger partial charge on any atom is 0.339 e. The van der Waals surface area contributed by atoms with E-state index in [1.165, 1.54) is 21.3 Å². The minimum Gasteiger partial charge on any atom is -0.493 e. The normalized spacial score (nSPS) is 11.5. The fraction of sp³-hybridized carbons (Fsp3) is 0.278. The van der Waals surface area contributed by atoms with Crippen LogP contribution < -0.4 is 14.2 Å². The number of halogens is 1. The van der Waals surface area contributed by atoms with Gasteiger partial charge >= 0.3 is 5.97 Å². The van der Waals surface area contributed by atoms with Gasteiger partial charge in [0.1, 0.15) is 6.10 Å². The fourth-order valence-electron chi connectivity index (χ4n) is 2.30. The molecule has 1 atom stereocenters. The molecule has 0 aromatic heterocycles. The van der Waals surface area contributed by atoms with Gasteiger partial charge in [-0.25, -0.2) is 4.79 Å². The summed E-state index contributed by atoms with van der Waals surface area (Å²) in [6.07, 6.45) is -0.495. The number of methoxy groups -OCH3 is 3. The first-order chi connectivity index (χ1) is 11.5. The lowest BCUT2D eigenvalue weighted by Gasteiger charge is -2.17. The molecule has 2 aromatic carbocycles. The number of ether oxygens (including phenoxy) is 4. The van der Waals surface area contributed by atoms with Crippen LogP contribution in [0.1, 0.15) is 28.9 Å². The van der Waals surface area contributed by atoms with Crippen molar-refractivity contribution >= 4 is 17.6 Å². The predicted molar refractivity (Wildman–Crippen MR) is 91.4 cm³/mol. The number of rotatable bonds is 6. The molecule has 24 heavy (non-hydrogen) atoms. The van der Waals surface area contributed by atoms with E-state index in [9.17, 15) is 4.79 Å². The second-order valence-electron chi connectivity index (χ2n) is 4.98. The summed E-state index contributed by atoms with van der Waals surface area (Å²) >= 11 is 6.14. The molecule has 1 unspecified atom stereocenters. The van der Waals surface area contributed by atoms with E-state index in [0.717, 1.165) is 5.56 Å². The molecule has 6 heteroatoms. The molecule has 0 saturated carbocycles. The summed E-state index contributed by atoms with van der Waals surface area (Å²) in [6.45, 7) is 1.76. The lowest BCUT2D eigenvalue weighted by Crippen LogP contribution is -2.10. The highest BCUT2D eigenvalue weighted by Gasteiger charge is 2.20. The van der Waals surface area contributed by atoms with Gasteiger partial charge in [-0.05, 0) is 25.1 Å². The molecule has 5 nitrogen and oxygen atoms in total. The van der Waals surface area contributed by atoms with Crippen molar-refractivity contribution in [2.45, 2.75) is 13.0 Å².